The zero-order chi connectivity index (χ0) is 26.7. The molecule has 0 atom stereocenters. The van der Waals surface area contributed by atoms with Crippen molar-refractivity contribution in [3.63, 3.8) is 0 Å². The zero-order valence-electron chi connectivity index (χ0n) is 21.7. The summed E-state index contributed by atoms with van der Waals surface area (Å²) in [6.45, 7) is 9.35. The maximum Gasteiger partial charge on any atom is 0.330 e. The number of aromatic nitrogens is 2. The van der Waals surface area contributed by atoms with Gasteiger partial charge in [-0.25, -0.2) is 4.79 Å². The number of carbonyl (C=O) groups excluding carboxylic acids is 1. The SMILES string of the molecule is CCCCn1c(N)c(N(CCC(C)C)CC(=O)N(CCC#N)c2ccc(OCC)cc2)c(=O)[nH]c1=O. The molecule has 10 heteroatoms. The maximum absolute atomic E-state index is 13.6. The first-order chi connectivity index (χ1) is 17.2. The molecule has 36 heavy (non-hydrogen) atoms. The molecule has 0 spiro atoms. The standard InChI is InChI=1S/C26H38N6O4/c1-5-7-15-32-24(28)23(25(34)29-26(32)35)30(17-13-19(3)4)18-22(33)31(16-8-14-27)20-9-11-21(12-10-20)36-6-2/h9-12,19H,5-8,13,15-18,28H2,1-4H3,(H,29,34,35). The van der Waals surface area contributed by atoms with Gasteiger partial charge in [-0.05, 0) is 49.9 Å². The van der Waals surface area contributed by atoms with E-state index >= 15 is 0 Å². The second kappa shape index (κ2) is 14.0. The van der Waals surface area contributed by atoms with E-state index in [2.05, 4.69) is 24.9 Å². The molecule has 0 aliphatic carbocycles. The highest BCUT2D eigenvalue weighted by molar-refractivity contribution is 5.96. The fraction of sp³-hybridized carbons (Fsp3) is 0.538. The first-order valence-electron chi connectivity index (χ1n) is 12.5. The Morgan fingerprint density at radius 3 is 2.47 bits per heavy atom. The van der Waals surface area contributed by atoms with Crippen molar-refractivity contribution in [3.8, 4) is 11.8 Å². The van der Waals surface area contributed by atoms with Crippen LogP contribution < -0.4 is 31.5 Å². The topological polar surface area (TPSA) is 137 Å². The molecule has 0 radical (unpaired) electrons. The molecule has 0 saturated heterocycles. The van der Waals surface area contributed by atoms with Crippen molar-refractivity contribution in [2.24, 2.45) is 5.92 Å². The van der Waals surface area contributed by atoms with E-state index in [1.54, 1.807) is 29.2 Å². The summed E-state index contributed by atoms with van der Waals surface area (Å²) >= 11 is 0. The average molecular weight is 499 g/mol. The Bertz CT molecular complexity index is 1150. The number of carbonyl (C=O) groups is 1. The number of aromatic amines is 1. The molecule has 196 valence electrons. The van der Waals surface area contributed by atoms with Crippen LogP contribution >= 0.6 is 0 Å². The summed E-state index contributed by atoms with van der Waals surface area (Å²) in [5.74, 6) is 0.762. The lowest BCUT2D eigenvalue weighted by atomic mass is 10.1. The van der Waals surface area contributed by atoms with Gasteiger partial charge < -0.3 is 20.3 Å². The van der Waals surface area contributed by atoms with Crippen LogP contribution in [0, 0.1) is 17.2 Å². The lowest BCUT2D eigenvalue weighted by Gasteiger charge is -2.30. The van der Waals surface area contributed by atoms with E-state index in [4.69, 9.17) is 15.7 Å². The number of nitrogen functional groups attached to an aromatic ring is 1. The number of anilines is 3. The molecule has 1 amide bonds. The van der Waals surface area contributed by atoms with Gasteiger partial charge >= 0.3 is 5.69 Å². The molecular formula is C26H38N6O4. The minimum absolute atomic E-state index is 0.0541. The van der Waals surface area contributed by atoms with Gasteiger partial charge in [-0.15, -0.1) is 0 Å². The molecule has 0 unspecified atom stereocenters. The van der Waals surface area contributed by atoms with Gasteiger partial charge in [-0.1, -0.05) is 27.2 Å². The summed E-state index contributed by atoms with van der Waals surface area (Å²) < 4.78 is 6.84. The van der Waals surface area contributed by atoms with Crippen LogP contribution in [0.1, 0.15) is 53.4 Å². The third kappa shape index (κ3) is 7.63. The van der Waals surface area contributed by atoms with Crippen LogP contribution in [0.25, 0.3) is 0 Å². The van der Waals surface area contributed by atoms with Crippen molar-refractivity contribution in [2.45, 2.75) is 59.9 Å². The molecule has 2 rings (SSSR count). The quantitative estimate of drug-likeness (QED) is 0.408. The van der Waals surface area contributed by atoms with Crippen LogP contribution in [0.15, 0.2) is 33.9 Å². The number of H-pyrrole nitrogens is 1. The molecule has 3 N–H and O–H groups in total. The Hall–Kier alpha value is -3.74. The lowest BCUT2D eigenvalue weighted by Crippen LogP contribution is -2.45. The number of nitrogens with two attached hydrogens (primary N) is 1. The van der Waals surface area contributed by atoms with Gasteiger partial charge in [0.15, 0.2) is 0 Å². The second-order valence-corrected chi connectivity index (χ2v) is 8.98. The monoisotopic (exact) mass is 498 g/mol. The first kappa shape index (κ1) is 28.5. The predicted octanol–water partition coefficient (Wildman–Crippen LogP) is 3.12. The largest absolute Gasteiger partial charge is 0.494 e. The molecule has 2 aromatic rings. The molecule has 1 heterocycles. The van der Waals surface area contributed by atoms with Crippen molar-refractivity contribution in [1.82, 2.24) is 9.55 Å². The molecule has 0 fully saturated rings. The molecule has 1 aromatic carbocycles. The number of hydrogen-bond donors (Lipinski definition) is 2. The Balaban J connectivity index is 2.45. The minimum atomic E-state index is -0.619. The van der Waals surface area contributed by atoms with Crippen molar-refractivity contribution in [1.29, 1.82) is 5.26 Å². The number of rotatable bonds is 14. The number of nitrogens with one attached hydrogen (secondary N) is 1. The van der Waals surface area contributed by atoms with Crippen LogP contribution in [0.4, 0.5) is 17.2 Å². The minimum Gasteiger partial charge on any atom is -0.494 e. The van der Waals surface area contributed by atoms with Crippen LogP contribution in [-0.2, 0) is 11.3 Å². The van der Waals surface area contributed by atoms with E-state index in [0.717, 1.165) is 12.8 Å². The number of nitriles is 1. The van der Waals surface area contributed by atoms with Crippen LogP contribution in [0.5, 0.6) is 5.75 Å². The van der Waals surface area contributed by atoms with E-state index < -0.39 is 11.2 Å². The van der Waals surface area contributed by atoms with Crippen molar-refractivity contribution >= 4 is 23.1 Å². The summed E-state index contributed by atoms with van der Waals surface area (Å²) in [6.07, 6.45) is 2.43. The summed E-state index contributed by atoms with van der Waals surface area (Å²) in [5.41, 5.74) is 5.90. The predicted molar refractivity (Wildman–Crippen MR) is 143 cm³/mol. The number of benzene rings is 1. The van der Waals surface area contributed by atoms with Gasteiger partial charge in [-0.3, -0.25) is 19.1 Å². The van der Waals surface area contributed by atoms with E-state index in [-0.39, 0.29) is 36.9 Å². The van der Waals surface area contributed by atoms with E-state index in [0.29, 0.717) is 43.5 Å². The molecule has 1 aromatic heterocycles. The number of ether oxygens (including phenoxy) is 1. The summed E-state index contributed by atoms with van der Waals surface area (Å²) in [6, 6.07) is 9.17. The van der Waals surface area contributed by atoms with E-state index in [1.807, 2.05) is 13.8 Å². The highest BCUT2D eigenvalue weighted by atomic mass is 16.5. The fourth-order valence-electron chi connectivity index (χ4n) is 3.80. The first-order valence-corrected chi connectivity index (χ1v) is 12.5. The summed E-state index contributed by atoms with van der Waals surface area (Å²) in [4.78, 5) is 44.4. The summed E-state index contributed by atoms with van der Waals surface area (Å²) in [7, 11) is 0. The van der Waals surface area contributed by atoms with Crippen molar-refractivity contribution < 1.29 is 9.53 Å². The Morgan fingerprint density at radius 1 is 1.19 bits per heavy atom. The average Bonchev–Trinajstić information content (AvgIpc) is 2.83. The Morgan fingerprint density at radius 2 is 1.89 bits per heavy atom. The molecule has 10 nitrogen and oxygen atoms in total. The third-order valence-electron chi connectivity index (χ3n) is 5.78. The molecule has 0 aliphatic rings. The highest BCUT2D eigenvalue weighted by Crippen LogP contribution is 2.23. The van der Waals surface area contributed by atoms with Crippen LogP contribution in [0.2, 0.25) is 0 Å². The van der Waals surface area contributed by atoms with Crippen molar-refractivity contribution in [3.05, 3.63) is 45.1 Å². The fourth-order valence-corrected chi connectivity index (χ4v) is 3.80. The van der Waals surface area contributed by atoms with Gasteiger partial charge in [0, 0.05) is 25.3 Å². The van der Waals surface area contributed by atoms with Gasteiger partial charge in [0.1, 0.15) is 17.3 Å². The van der Waals surface area contributed by atoms with Gasteiger partial charge in [-0.2, -0.15) is 5.26 Å². The van der Waals surface area contributed by atoms with Gasteiger partial charge in [0.2, 0.25) is 5.91 Å². The van der Waals surface area contributed by atoms with Crippen LogP contribution in [-0.4, -0.2) is 41.7 Å². The Labute approximate surface area is 212 Å². The van der Waals surface area contributed by atoms with Crippen molar-refractivity contribution in [2.75, 3.05) is 41.8 Å². The highest BCUT2D eigenvalue weighted by Gasteiger charge is 2.24. The number of nitrogens with zero attached hydrogens (tertiary/aromatic N) is 4. The molecule has 0 aliphatic heterocycles. The van der Waals surface area contributed by atoms with Gasteiger partial charge in [0.25, 0.3) is 5.56 Å². The zero-order valence-corrected chi connectivity index (χ0v) is 21.7. The second-order valence-electron chi connectivity index (χ2n) is 8.98. The summed E-state index contributed by atoms with van der Waals surface area (Å²) in [5, 5.41) is 9.15. The van der Waals surface area contributed by atoms with Crippen LogP contribution in [0.3, 0.4) is 0 Å². The van der Waals surface area contributed by atoms with E-state index in [1.165, 1.54) is 9.47 Å². The smallest absolute Gasteiger partial charge is 0.330 e. The number of hydrogen-bond acceptors (Lipinski definition) is 7. The lowest BCUT2D eigenvalue weighted by molar-refractivity contribution is -0.117. The molecular weight excluding hydrogens is 460 g/mol. The normalized spacial score (nSPS) is 10.8. The third-order valence-corrected chi connectivity index (χ3v) is 5.78. The Kier molecular flexibility index (Phi) is 11.1. The molecule has 0 saturated carbocycles. The number of amides is 1. The maximum atomic E-state index is 13.6. The number of unbranched alkanes of at least 4 members (excludes halogenated alkanes) is 1. The van der Waals surface area contributed by atoms with Gasteiger partial charge in [0.05, 0.1) is 25.6 Å². The van der Waals surface area contributed by atoms with E-state index in [9.17, 15) is 14.4 Å². The molecule has 0 bridgehead atoms.